The highest BCUT2D eigenvalue weighted by molar-refractivity contribution is 6.10. The van der Waals surface area contributed by atoms with E-state index in [1.165, 1.54) is 0 Å². The minimum atomic E-state index is -1.89. The molecule has 0 saturated carbocycles. The third-order valence-electron chi connectivity index (χ3n) is 3.16. The van der Waals surface area contributed by atoms with Gasteiger partial charge in [0.2, 0.25) is 5.54 Å². The molecule has 0 heterocycles. The first kappa shape index (κ1) is 15.7. The number of carbonyl (C=O) groups excluding carboxylic acids is 2. The number of nitroso groups, excluding NO2 is 1. The Morgan fingerprint density at radius 2 is 1.50 bits per heavy atom. The van der Waals surface area contributed by atoms with Crippen LogP contribution in [0.15, 0.2) is 29.4 Å². The lowest BCUT2D eigenvalue weighted by Gasteiger charge is -2.20. The zero-order valence-corrected chi connectivity index (χ0v) is 11.3. The van der Waals surface area contributed by atoms with E-state index >= 15 is 0 Å². The molecular weight excluding hydrogens is 262 g/mol. The average Bonchev–Trinajstić information content (AvgIpc) is 2.36. The van der Waals surface area contributed by atoms with E-state index in [0.29, 0.717) is 11.1 Å². The summed E-state index contributed by atoms with van der Waals surface area (Å²) in [6.07, 6.45) is -0.231. The molecule has 0 aliphatic rings. The van der Waals surface area contributed by atoms with Crippen molar-refractivity contribution in [3.8, 4) is 0 Å². The van der Waals surface area contributed by atoms with Gasteiger partial charge in [-0.25, -0.2) is 0 Å². The van der Waals surface area contributed by atoms with Gasteiger partial charge in [0.1, 0.15) is 0 Å². The molecule has 0 fully saturated rings. The van der Waals surface area contributed by atoms with Crippen molar-refractivity contribution in [2.75, 3.05) is 0 Å². The van der Waals surface area contributed by atoms with Crippen molar-refractivity contribution in [2.45, 2.75) is 32.2 Å². The Balaban J connectivity index is 3.01. The molecule has 0 amide bonds. The highest BCUT2D eigenvalue weighted by atomic mass is 16.4. The first-order valence-corrected chi connectivity index (χ1v) is 5.98. The van der Waals surface area contributed by atoms with E-state index in [-0.39, 0.29) is 12.8 Å². The molecule has 6 heteroatoms. The molecule has 0 atom stereocenters. The SMILES string of the molecule is CC(=O)C(Cc1ccc(CC(=O)O)cc1)(N=O)C(C)=O. The van der Waals surface area contributed by atoms with Gasteiger partial charge >= 0.3 is 5.97 Å². The molecular formula is C14H15NO5. The normalized spacial score (nSPS) is 10.9. The lowest BCUT2D eigenvalue weighted by molar-refractivity contribution is -0.136. The van der Waals surface area contributed by atoms with Crippen molar-refractivity contribution in [3.63, 3.8) is 0 Å². The monoisotopic (exact) mass is 277 g/mol. The summed E-state index contributed by atoms with van der Waals surface area (Å²) in [5, 5.41) is 11.4. The summed E-state index contributed by atoms with van der Waals surface area (Å²) in [5.41, 5.74) is -0.727. The van der Waals surface area contributed by atoms with Crippen molar-refractivity contribution in [2.24, 2.45) is 5.18 Å². The third kappa shape index (κ3) is 3.34. The molecule has 1 N–H and O–H groups in total. The van der Waals surface area contributed by atoms with Crippen LogP contribution in [0.5, 0.6) is 0 Å². The molecule has 0 bridgehead atoms. The summed E-state index contributed by atoms with van der Waals surface area (Å²) in [6.45, 7) is 2.31. The number of carbonyl (C=O) groups is 3. The van der Waals surface area contributed by atoms with Crippen molar-refractivity contribution in [1.29, 1.82) is 0 Å². The molecule has 0 saturated heterocycles. The summed E-state index contributed by atoms with van der Waals surface area (Å²) in [7, 11) is 0. The molecule has 0 spiro atoms. The second-order valence-corrected chi connectivity index (χ2v) is 4.63. The van der Waals surface area contributed by atoms with Gasteiger partial charge in [-0.05, 0) is 30.2 Å². The van der Waals surface area contributed by atoms with Crippen LogP contribution in [0.4, 0.5) is 0 Å². The fourth-order valence-electron chi connectivity index (χ4n) is 1.90. The highest BCUT2D eigenvalue weighted by Gasteiger charge is 2.42. The van der Waals surface area contributed by atoms with E-state index in [4.69, 9.17) is 5.11 Å². The second kappa shape index (κ2) is 6.18. The summed E-state index contributed by atoms with van der Waals surface area (Å²) < 4.78 is 0. The van der Waals surface area contributed by atoms with Gasteiger partial charge in [0.25, 0.3) is 0 Å². The van der Waals surface area contributed by atoms with Crippen LogP contribution in [0.25, 0.3) is 0 Å². The number of benzene rings is 1. The van der Waals surface area contributed by atoms with E-state index < -0.39 is 23.1 Å². The van der Waals surface area contributed by atoms with Crippen LogP contribution in [0.1, 0.15) is 25.0 Å². The number of nitrogens with zero attached hydrogens (tertiary/aromatic N) is 1. The molecule has 6 nitrogen and oxygen atoms in total. The summed E-state index contributed by atoms with van der Waals surface area (Å²) in [4.78, 5) is 44.6. The van der Waals surface area contributed by atoms with Crippen LogP contribution in [0.3, 0.4) is 0 Å². The lowest BCUT2D eigenvalue weighted by atomic mass is 9.84. The van der Waals surface area contributed by atoms with Gasteiger partial charge < -0.3 is 5.11 Å². The lowest BCUT2D eigenvalue weighted by Crippen LogP contribution is -2.44. The Kier molecular flexibility index (Phi) is 4.85. The Bertz CT molecular complexity index is 533. The Hall–Kier alpha value is -2.37. The van der Waals surface area contributed by atoms with Gasteiger partial charge in [0.15, 0.2) is 11.6 Å². The van der Waals surface area contributed by atoms with Gasteiger partial charge in [-0.15, -0.1) is 4.91 Å². The minimum absolute atomic E-state index is 0.114. The molecule has 0 radical (unpaired) electrons. The average molecular weight is 277 g/mol. The first-order chi connectivity index (χ1) is 9.31. The van der Waals surface area contributed by atoms with Crippen molar-refractivity contribution >= 4 is 17.5 Å². The molecule has 0 aliphatic carbocycles. The Morgan fingerprint density at radius 1 is 1.05 bits per heavy atom. The maximum Gasteiger partial charge on any atom is 0.307 e. The molecule has 20 heavy (non-hydrogen) atoms. The van der Waals surface area contributed by atoms with E-state index in [0.717, 1.165) is 13.8 Å². The van der Waals surface area contributed by atoms with Gasteiger partial charge in [0, 0.05) is 6.42 Å². The minimum Gasteiger partial charge on any atom is -0.481 e. The van der Waals surface area contributed by atoms with E-state index in [1.54, 1.807) is 24.3 Å². The number of Topliss-reactive ketones (excluding diaryl/α,β-unsaturated/α-hetero) is 2. The number of hydrogen-bond acceptors (Lipinski definition) is 5. The summed E-state index contributed by atoms with van der Waals surface area (Å²) in [5.74, 6) is -2.15. The zero-order chi connectivity index (χ0) is 15.3. The topological polar surface area (TPSA) is 101 Å². The van der Waals surface area contributed by atoms with Crippen LogP contribution in [-0.2, 0) is 27.2 Å². The van der Waals surface area contributed by atoms with Gasteiger partial charge in [-0.3, -0.25) is 14.4 Å². The molecule has 0 aliphatic heterocycles. The molecule has 1 aromatic rings. The maximum atomic E-state index is 11.6. The number of aliphatic carboxylic acids is 1. The summed E-state index contributed by atoms with van der Waals surface area (Å²) >= 11 is 0. The standard InChI is InChI=1S/C14H15NO5/c1-9(16)14(15-20,10(2)17)8-12-5-3-11(4-6-12)7-13(18)19/h3-6H,7-8H2,1-2H3,(H,18,19). The third-order valence-corrected chi connectivity index (χ3v) is 3.16. The number of carboxylic acids is 1. The molecule has 106 valence electrons. The molecule has 0 aromatic heterocycles. The van der Waals surface area contributed by atoms with Crippen molar-refractivity contribution in [3.05, 3.63) is 40.3 Å². The number of rotatable bonds is 7. The molecule has 1 aromatic carbocycles. The predicted molar refractivity (Wildman–Crippen MR) is 71.4 cm³/mol. The fraction of sp³-hybridized carbons (Fsp3) is 0.357. The molecule has 1 rings (SSSR count). The Labute approximate surface area is 115 Å². The van der Waals surface area contributed by atoms with Crippen molar-refractivity contribution in [1.82, 2.24) is 0 Å². The van der Waals surface area contributed by atoms with Crippen LogP contribution in [0, 0.1) is 4.91 Å². The Morgan fingerprint density at radius 3 is 1.85 bits per heavy atom. The van der Waals surface area contributed by atoms with Crippen LogP contribution >= 0.6 is 0 Å². The predicted octanol–water partition coefficient (Wildman–Crippen LogP) is 1.54. The van der Waals surface area contributed by atoms with Gasteiger partial charge in [-0.2, -0.15) is 0 Å². The second-order valence-electron chi connectivity index (χ2n) is 4.63. The zero-order valence-electron chi connectivity index (χ0n) is 11.3. The summed E-state index contributed by atoms with van der Waals surface area (Å²) in [6, 6.07) is 6.34. The van der Waals surface area contributed by atoms with Crippen LogP contribution in [0.2, 0.25) is 0 Å². The van der Waals surface area contributed by atoms with E-state index in [2.05, 4.69) is 5.18 Å². The highest BCUT2D eigenvalue weighted by Crippen LogP contribution is 2.21. The van der Waals surface area contributed by atoms with Crippen LogP contribution in [-0.4, -0.2) is 28.2 Å². The quantitative estimate of drug-likeness (QED) is 0.601. The van der Waals surface area contributed by atoms with E-state index in [9.17, 15) is 19.3 Å². The largest absolute Gasteiger partial charge is 0.481 e. The first-order valence-electron chi connectivity index (χ1n) is 5.98. The number of ketones is 2. The van der Waals surface area contributed by atoms with Gasteiger partial charge in [-0.1, -0.05) is 24.3 Å². The number of carboxylic acid groups (broad SMARTS) is 1. The maximum absolute atomic E-state index is 11.6. The fourth-order valence-corrected chi connectivity index (χ4v) is 1.90. The smallest absolute Gasteiger partial charge is 0.307 e. The van der Waals surface area contributed by atoms with Crippen molar-refractivity contribution < 1.29 is 19.5 Å². The van der Waals surface area contributed by atoms with Gasteiger partial charge in [0.05, 0.1) is 6.42 Å². The molecule has 0 unspecified atom stereocenters. The van der Waals surface area contributed by atoms with E-state index in [1.807, 2.05) is 0 Å². The number of hydrogen-bond donors (Lipinski definition) is 1. The van der Waals surface area contributed by atoms with Crippen LogP contribution < -0.4 is 0 Å².